The molecule has 1 aliphatic carbocycles. The van der Waals surface area contributed by atoms with Crippen molar-refractivity contribution in [2.24, 2.45) is 0 Å². The van der Waals surface area contributed by atoms with Gasteiger partial charge in [-0.25, -0.2) is 4.79 Å². The molecule has 3 rings (SSSR count). The van der Waals surface area contributed by atoms with Crippen LogP contribution in [-0.2, 0) is 0 Å². The predicted octanol–water partition coefficient (Wildman–Crippen LogP) is 4.04. The van der Waals surface area contributed by atoms with Crippen LogP contribution in [0.1, 0.15) is 36.0 Å². The predicted molar refractivity (Wildman–Crippen MR) is 111 cm³/mol. The van der Waals surface area contributed by atoms with Crippen molar-refractivity contribution in [2.45, 2.75) is 37.8 Å². The van der Waals surface area contributed by atoms with Gasteiger partial charge in [0.1, 0.15) is 0 Å². The number of benzene rings is 2. The molecule has 0 saturated heterocycles. The van der Waals surface area contributed by atoms with E-state index in [9.17, 15) is 14.7 Å². The van der Waals surface area contributed by atoms with Crippen molar-refractivity contribution in [3.8, 4) is 0 Å². The summed E-state index contributed by atoms with van der Waals surface area (Å²) >= 11 is 5.86. The Morgan fingerprint density at radius 3 is 2.21 bits per heavy atom. The van der Waals surface area contributed by atoms with Crippen molar-refractivity contribution in [1.82, 2.24) is 5.32 Å². The lowest BCUT2D eigenvalue weighted by Crippen LogP contribution is -2.40. The molecule has 0 spiro atoms. The van der Waals surface area contributed by atoms with Gasteiger partial charge < -0.3 is 20.6 Å². The Morgan fingerprint density at radius 2 is 1.61 bits per heavy atom. The van der Waals surface area contributed by atoms with Crippen molar-refractivity contribution in [2.75, 3.05) is 17.3 Å². The van der Waals surface area contributed by atoms with E-state index in [4.69, 9.17) is 11.6 Å². The first kappa shape index (κ1) is 20.2. The first-order valence-electron chi connectivity index (χ1n) is 9.31. The van der Waals surface area contributed by atoms with E-state index in [-0.39, 0.29) is 24.1 Å². The van der Waals surface area contributed by atoms with Gasteiger partial charge >= 0.3 is 6.03 Å². The molecule has 0 aromatic heterocycles. The standard InChI is InChI=1S/C21H24ClN3O3/c1-25(20(27)14-2-4-15(22)5-3-14)18-10-6-16(7-11-18)23-21(28)24-17-8-12-19(26)13-9-17/h2-7,10-11,17,19,26H,8-9,12-13H2,1H3,(H2,23,24,28). The number of urea groups is 1. The highest BCUT2D eigenvalue weighted by Crippen LogP contribution is 2.21. The number of hydrogen-bond donors (Lipinski definition) is 3. The lowest BCUT2D eigenvalue weighted by molar-refractivity contribution is 0.0993. The first-order chi connectivity index (χ1) is 13.4. The molecule has 0 heterocycles. The summed E-state index contributed by atoms with van der Waals surface area (Å²) in [6.45, 7) is 0. The van der Waals surface area contributed by atoms with Crippen LogP contribution in [0.3, 0.4) is 0 Å². The number of anilines is 2. The molecule has 2 aromatic carbocycles. The van der Waals surface area contributed by atoms with Gasteiger partial charge in [-0.2, -0.15) is 0 Å². The summed E-state index contributed by atoms with van der Waals surface area (Å²) in [7, 11) is 1.70. The SMILES string of the molecule is CN(C(=O)c1ccc(Cl)cc1)c1ccc(NC(=O)NC2CCC(O)CC2)cc1. The summed E-state index contributed by atoms with van der Waals surface area (Å²) in [4.78, 5) is 26.2. The van der Waals surface area contributed by atoms with Crippen molar-refractivity contribution in [1.29, 1.82) is 0 Å². The van der Waals surface area contributed by atoms with Gasteiger partial charge in [0, 0.05) is 35.1 Å². The third-order valence-electron chi connectivity index (χ3n) is 4.94. The number of hydrogen-bond acceptors (Lipinski definition) is 3. The average Bonchev–Trinajstić information content (AvgIpc) is 2.70. The molecule has 3 N–H and O–H groups in total. The van der Waals surface area contributed by atoms with E-state index in [0.29, 0.717) is 34.8 Å². The van der Waals surface area contributed by atoms with E-state index in [0.717, 1.165) is 12.8 Å². The van der Waals surface area contributed by atoms with Gasteiger partial charge in [-0.15, -0.1) is 0 Å². The number of halogens is 1. The highest BCUT2D eigenvalue weighted by atomic mass is 35.5. The lowest BCUT2D eigenvalue weighted by Gasteiger charge is -2.26. The van der Waals surface area contributed by atoms with E-state index < -0.39 is 0 Å². The first-order valence-corrected chi connectivity index (χ1v) is 9.69. The monoisotopic (exact) mass is 401 g/mol. The molecule has 148 valence electrons. The van der Waals surface area contributed by atoms with Gasteiger partial charge in [0.2, 0.25) is 0 Å². The molecule has 1 aliphatic rings. The van der Waals surface area contributed by atoms with Gasteiger partial charge in [-0.05, 0) is 74.2 Å². The number of nitrogens with one attached hydrogen (secondary N) is 2. The fraction of sp³-hybridized carbons (Fsp3) is 0.333. The summed E-state index contributed by atoms with van der Waals surface area (Å²) in [6, 6.07) is 13.6. The smallest absolute Gasteiger partial charge is 0.319 e. The van der Waals surface area contributed by atoms with Crippen LogP contribution < -0.4 is 15.5 Å². The Hall–Kier alpha value is -2.57. The maximum atomic E-state index is 12.5. The number of rotatable bonds is 4. The molecule has 6 nitrogen and oxygen atoms in total. The van der Waals surface area contributed by atoms with Crippen molar-refractivity contribution >= 4 is 34.9 Å². The molecule has 28 heavy (non-hydrogen) atoms. The van der Waals surface area contributed by atoms with Crippen molar-refractivity contribution < 1.29 is 14.7 Å². The van der Waals surface area contributed by atoms with E-state index >= 15 is 0 Å². The van der Waals surface area contributed by atoms with Crippen LogP contribution in [0.4, 0.5) is 16.2 Å². The molecule has 0 bridgehead atoms. The zero-order valence-electron chi connectivity index (χ0n) is 15.7. The molecular formula is C21H24ClN3O3. The third-order valence-corrected chi connectivity index (χ3v) is 5.19. The van der Waals surface area contributed by atoms with Gasteiger partial charge in [0.05, 0.1) is 6.10 Å². The van der Waals surface area contributed by atoms with E-state index in [1.807, 2.05) is 0 Å². The van der Waals surface area contributed by atoms with Crippen molar-refractivity contribution in [3.63, 3.8) is 0 Å². The Balaban J connectivity index is 1.56. The van der Waals surface area contributed by atoms with Gasteiger partial charge in [-0.3, -0.25) is 4.79 Å². The van der Waals surface area contributed by atoms with Crippen molar-refractivity contribution in [3.05, 3.63) is 59.1 Å². The molecular weight excluding hydrogens is 378 g/mol. The van der Waals surface area contributed by atoms with Crippen LogP contribution in [0.15, 0.2) is 48.5 Å². The van der Waals surface area contributed by atoms with Crippen LogP contribution in [0, 0.1) is 0 Å². The van der Waals surface area contributed by atoms with Gasteiger partial charge in [0.25, 0.3) is 5.91 Å². The summed E-state index contributed by atoms with van der Waals surface area (Å²) in [5, 5.41) is 15.8. The number of carbonyl (C=O) groups is 2. The molecule has 0 aliphatic heterocycles. The van der Waals surface area contributed by atoms with E-state index in [2.05, 4.69) is 10.6 Å². The number of carbonyl (C=O) groups excluding carboxylic acids is 2. The van der Waals surface area contributed by atoms with Gasteiger partial charge in [0.15, 0.2) is 0 Å². The normalized spacial score (nSPS) is 19.0. The molecule has 3 amide bonds. The summed E-state index contributed by atoms with van der Waals surface area (Å²) in [5.74, 6) is -0.144. The zero-order valence-corrected chi connectivity index (χ0v) is 16.4. The van der Waals surface area contributed by atoms with Gasteiger partial charge in [-0.1, -0.05) is 11.6 Å². The van der Waals surface area contributed by atoms with E-state index in [1.165, 1.54) is 0 Å². The minimum Gasteiger partial charge on any atom is -0.393 e. The maximum Gasteiger partial charge on any atom is 0.319 e. The minimum atomic E-state index is -0.264. The Morgan fingerprint density at radius 1 is 1.00 bits per heavy atom. The topological polar surface area (TPSA) is 81.7 Å². The lowest BCUT2D eigenvalue weighted by atomic mass is 9.93. The maximum absolute atomic E-state index is 12.5. The molecule has 1 fully saturated rings. The van der Waals surface area contributed by atoms with Crippen LogP contribution in [0.25, 0.3) is 0 Å². The van der Waals surface area contributed by atoms with Crippen LogP contribution in [0.2, 0.25) is 5.02 Å². The fourth-order valence-corrected chi connectivity index (χ4v) is 3.37. The fourth-order valence-electron chi connectivity index (χ4n) is 3.24. The number of aliphatic hydroxyl groups excluding tert-OH is 1. The largest absolute Gasteiger partial charge is 0.393 e. The molecule has 7 heteroatoms. The Kier molecular flexibility index (Phi) is 6.54. The Bertz CT molecular complexity index is 816. The number of aliphatic hydroxyl groups is 1. The number of amides is 3. The number of nitrogens with zero attached hydrogens (tertiary/aromatic N) is 1. The minimum absolute atomic E-state index is 0.0887. The molecule has 2 aromatic rings. The highest BCUT2D eigenvalue weighted by Gasteiger charge is 2.20. The van der Waals surface area contributed by atoms with E-state index in [1.54, 1.807) is 60.5 Å². The molecule has 0 radical (unpaired) electrons. The summed E-state index contributed by atoms with van der Waals surface area (Å²) in [5.41, 5.74) is 1.91. The highest BCUT2D eigenvalue weighted by molar-refractivity contribution is 6.30. The Labute approximate surface area is 169 Å². The molecule has 0 atom stereocenters. The van der Waals surface area contributed by atoms with Crippen LogP contribution in [0.5, 0.6) is 0 Å². The average molecular weight is 402 g/mol. The quantitative estimate of drug-likeness (QED) is 0.723. The second kappa shape index (κ2) is 9.08. The zero-order chi connectivity index (χ0) is 20.1. The third kappa shape index (κ3) is 5.24. The molecule has 0 unspecified atom stereocenters. The summed E-state index contributed by atoms with van der Waals surface area (Å²) in [6.07, 6.45) is 2.75. The summed E-state index contributed by atoms with van der Waals surface area (Å²) < 4.78 is 0. The van der Waals surface area contributed by atoms with Crippen LogP contribution in [-0.4, -0.2) is 36.2 Å². The molecule has 1 saturated carbocycles. The van der Waals surface area contributed by atoms with Crippen LogP contribution >= 0.6 is 11.6 Å². The second-order valence-corrected chi connectivity index (χ2v) is 7.46. The second-order valence-electron chi connectivity index (χ2n) is 7.02.